The molecule has 1 aliphatic rings. The lowest BCUT2D eigenvalue weighted by Gasteiger charge is -2.25. The van der Waals surface area contributed by atoms with Crippen molar-refractivity contribution in [2.75, 3.05) is 0 Å². The molecule has 5 nitrogen and oxygen atoms in total. The maximum absolute atomic E-state index is 13.0. The van der Waals surface area contributed by atoms with Crippen LogP contribution < -0.4 is 16.1 Å². The number of hydrogen-bond acceptors (Lipinski definition) is 5. The lowest BCUT2D eigenvalue weighted by molar-refractivity contribution is -0.137. The Labute approximate surface area is 139 Å². The van der Waals surface area contributed by atoms with Crippen molar-refractivity contribution >= 4 is 0 Å². The monoisotopic (exact) mass is 348 g/mol. The standard InChI is InChI=1S/C17H11F3N2O3/c1-8-5-12-14(16(23)24-8)13(11(7-21)15(22)25-12)9-3-2-4-10(6-9)17(18,19)20/h2-6,13H,22H2,1H3/t13-/m0/s1. The number of hydrogen-bond donors (Lipinski definition) is 1. The van der Waals surface area contributed by atoms with Crippen LogP contribution in [0.5, 0.6) is 5.75 Å². The summed E-state index contributed by atoms with van der Waals surface area (Å²) >= 11 is 0. The Morgan fingerprint density at radius 3 is 2.64 bits per heavy atom. The molecule has 0 spiro atoms. The minimum absolute atomic E-state index is 0.0596. The summed E-state index contributed by atoms with van der Waals surface area (Å²) in [6.07, 6.45) is -4.57. The first-order valence-electron chi connectivity index (χ1n) is 7.11. The molecule has 0 saturated carbocycles. The van der Waals surface area contributed by atoms with Gasteiger partial charge in [-0.25, -0.2) is 4.79 Å². The van der Waals surface area contributed by atoms with Gasteiger partial charge >= 0.3 is 11.8 Å². The largest absolute Gasteiger partial charge is 0.440 e. The number of benzene rings is 1. The fraction of sp³-hybridized carbons (Fsp3) is 0.176. The van der Waals surface area contributed by atoms with E-state index in [4.69, 9.17) is 14.9 Å². The molecule has 25 heavy (non-hydrogen) atoms. The van der Waals surface area contributed by atoms with E-state index >= 15 is 0 Å². The predicted octanol–water partition coefficient (Wildman–Crippen LogP) is 3.19. The number of nitriles is 1. The van der Waals surface area contributed by atoms with E-state index in [0.29, 0.717) is 0 Å². The lowest BCUT2D eigenvalue weighted by atomic mass is 9.84. The van der Waals surface area contributed by atoms with Crippen LogP contribution in [0.3, 0.4) is 0 Å². The summed E-state index contributed by atoms with van der Waals surface area (Å²) < 4.78 is 49.4. The van der Waals surface area contributed by atoms with Crippen LogP contribution in [0.25, 0.3) is 0 Å². The zero-order valence-corrected chi connectivity index (χ0v) is 12.8. The van der Waals surface area contributed by atoms with Crippen LogP contribution in [0.15, 0.2) is 51.0 Å². The average molecular weight is 348 g/mol. The summed E-state index contributed by atoms with van der Waals surface area (Å²) in [5.74, 6) is -1.05. The molecule has 0 fully saturated rings. The van der Waals surface area contributed by atoms with E-state index < -0.39 is 23.3 Å². The molecule has 3 rings (SSSR count). The fourth-order valence-corrected chi connectivity index (χ4v) is 2.75. The molecule has 8 heteroatoms. The van der Waals surface area contributed by atoms with Crippen LogP contribution in [0.2, 0.25) is 0 Å². The van der Waals surface area contributed by atoms with Gasteiger partial charge in [0.2, 0.25) is 5.88 Å². The van der Waals surface area contributed by atoms with Crippen molar-refractivity contribution < 1.29 is 22.3 Å². The van der Waals surface area contributed by atoms with E-state index in [2.05, 4.69) is 0 Å². The van der Waals surface area contributed by atoms with Gasteiger partial charge in [0.25, 0.3) is 0 Å². The van der Waals surface area contributed by atoms with E-state index in [1.165, 1.54) is 25.1 Å². The minimum atomic E-state index is -4.57. The summed E-state index contributed by atoms with van der Waals surface area (Å²) in [5.41, 5.74) is 3.93. The first-order valence-corrected chi connectivity index (χ1v) is 7.11. The molecule has 2 aromatic rings. The van der Waals surface area contributed by atoms with Gasteiger partial charge in [-0.1, -0.05) is 18.2 Å². The molecule has 1 aromatic carbocycles. The molecule has 128 valence electrons. The molecule has 1 aromatic heterocycles. The van der Waals surface area contributed by atoms with Crippen molar-refractivity contribution in [2.45, 2.75) is 19.0 Å². The first-order chi connectivity index (χ1) is 11.7. The van der Waals surface area contributed by atoms with E-state index in [0.717, 1.165) is 12.1 Å². The smallest absolute Gasteiger partial charge is 0.416 e. The Bertz CT molecular complexity index is 984. The highest BCUT2D eigenvalue weighted by atomic mass is 19.4. The van der Waals surface area contributed by atoms with Crippen molar-refractivity contribution in [1.29, 1.82) is 5.26 Å². The Kier molecular flexibility index (Phi) is 3.80. The minimum Gasteiger partial charge on any atom is -0.440 e. The SMILES string of the molecule is Cc1cc2c(c(=O)o1)[C@@H](c1cccc(C(F)(F)F)c1)C(C#N)=C(N)O2. The van der Waals surface area contributed by atoms with Gasteiger partial charge in [-0.15, -0.1) is 0 Å². The van der Waals surface area contributed by atoms with Crippen LogP contribution in [0, 0.1) is 18.3 Å². The number of halogens is 3. The Morgan fingerprint density at radius 1 is 1.28 bits per heavy atom. The molecular formula is C17H11F3N2O3. The molecule has 0 aliphatic carbocycles. The lowest BCUT2D eigenvalue weighted by Crippen LogP contribution is -2.26. The van der Waals surface area contributed by atoms with Crippen molar-refractivity contribution in [3.05, 3.63) is 74.7 Å². The number of fused-ring (bicyclic) bond motifs is 1. The zero-order valence-electron chi connectivity index (χ0n) is 12.8. The quantitative estimate of drug-likeness (QED) is 0.855. The molecule has 0 bridgehead atoms. The second-order valence-corrected chi connectivity index (χ2v) is 5.47. The zero-order chi connectivity index (χ0) is 18.4. The van der Waals surface area contributed by atoms with Crippen molar-refractivity contribution in [1.82, 2.24) is 0 Å². The fourth-order valence-electron chi connectivity index (χ4n) is 2.75. The molecule has 1 atom stereocenters. The van der Waals surface area contributed by atoms with Crippen LogP contribution in [0.4, 0.5) is 13.2 Å². The Morgan fingerprint density at radius 2 is 2.00 bits per heavy atom. The molecule has 2 heterocycles. The summed E-state index contributed by atoms with van der Waals surface area (Å²) in [5, 5.41) is 9.37. The topological polar surface area (TPSA) is 89.2 Å². The molecule has 0 saturated heterocycles. The highest BCUT2D eigenvalue weighted by Crippen LogP contribution is 2.41. The number of allylic oxidation sites excluding steroid dienone is 1. The summed E-state index contributed by atoms with van der Waals surface area (Å²) in [7, 11) is 0. The number of nitrogens with two attached hydrogens (primary N) is 1. The van der Waals surface area contributed by atoms with Crippen LogP contribution in [-0.2, 0) is 6.18 Å². The molecule has 2 N–H and O–H groups in total. The third-order valence-electron chi connectivity index (χ3n) is 3.80. The van der Waals surface area contributed by atoms with Gasteiger partial charge in [0.15, 0.2) is 0 Å². The number of ether oxygens (including phenoxy) is 1. The molecule has 0 radical (unpaired) electrons. The van der Waals surface area contributed by atoms with Gasteiger partial charge in [-0.05, 0) is 18.6 Å². The normalized spacial score (nSPS) is 16.8. The van der Waals surface area contributed by atoms with Gasteiger partial charge in [0.05, 0.1) is 17.0 Å². The maximum Gasteiger partial charge on any atom is 0.416 e. The van der Waals surface area contributed by atoms with Gasteiger partial charge in [0, 0.05) is 6.07 Å². The van der Waals surface area contributed by atoms with E-state index in [-0.39, 0.29) is 34.1 Å². The highest BCUT2D eigenvalue weighted by molar-refractivity contribution is 5.55. The molecule has 0 unspecified atom stereocenters. The average Bonchev–Trinajstić information content (AvgIpc) is 2.52. The summed E-state index contributed by atoms with van der Waals surface area (Å²) in [4.78, 5) is 12.3. The van der Waals surface area contributed by atoms with Gasteiger partial charge in [-0.2, -0.15) is 18.4 Å². The highest BCUT2D eigenvalue weighted by Gasteiger charge is 2.36. The molecule has 1 aliphatic heterocycles. The van der Waals surface area contributed by atoms with Crippen molar-refractivity contribution in [2.24, 2.45) is 5.73 Å². The third-order valence-corrected chi connectivity index (χ3v) is 3.80. The van der Waals surface area contributed by atoms with Gasteiger partial charge in [-0.3, -0.25) is 0 Å². The number of alkyl halides is 3. The number of rotatable bonds is 1. The second kappa shape index (κ2) is 5.70. The molecule has 0 amide bonds. The Balaban J connectivity index is 2.28. The van der Waals surface area contributed by atoms with E-state index in [1.54, 1.807) is 0 Å². The Hall–Kier alpha value is -3.21. The van der Waals surface area contributed by atoms with Crippen LogP contribution in [0.1, 0.15) is 28.4 Å². The van der Waals surface area contributed by atoms with Gasteiger partial charge < -0.3 is 14.9 Å². The summed E-state index contributed by atoms with van der Waals surface area (Å²) in [6, 6.07) is 7.58. The predicted molar refractivity (Wildman–Crippen MR) is 80.5 cm³/mol. The second-order valence-electron chi connectivity index (χ2n) is 5.47. The molecular weight excluding hydrogens is 337 g/mol. The van der Waals surface area contributed by atoms with E-state index in [1.807, 2.05) is 6.07 Å². The van der Waals surface area contributed by atoms with Crippen LogP contribution >= 0.6 is 0 Å². The number of nitrogens with zero attached hydrogens (tertiary/aromatic N) is 1. The van der Waals surface area contributed by atoms with Gasteiger partial charge in [0.1, 0.15) is 23.2 Å². The maximum atomic E-state index is 13.0. The first kappa shape index (κ1) is 16.6. The van der Waals surface area contributed by atoms with Crippen molar-refractivity contribution in [3.8, 4) is 11.8 Å². The summed E-state index contributed by atoms with van der Waals surface area (Å²) in [6.45, 7) is 1.52. The van der Waals surface area contributed by atoms with Crippen LogP contribution in [-0.4, -0.2) is 0 Å². The number of aryl methyl sites for hydroxylation is 1. The van der Waals surface area contributed by atoms with Crippen molar-refractivity contribution in [3.63, 3.8) is 0 Å². The third kappa shape index (κ3) is 2.85. The van der Waals surface area contributed by atoms with E-state index in [9.17, 15) is 23.2 Å².